The predicted molar refractivity (Wildman–Crippen MR) is 147 cm³/mol. The molecule has 1 saturated carbocycles. The van der Waals surface area contributed by atoms with E-state index in [0.29, 0.717) is 23.9 Å². The van der Waals surface area contributed by atoms with Crippen molar-refractivity contribution in [3.05, 3.63) is 59.4 Å². The van der Waals surface area contributed by atoms with Gasteiger partial charge in [-0.1, -0.05) is 36.5 Å². The van der Waals surface area contributed by atoms with Crippen LogP contribution in [0.25, 0.3) is 0 Å². The maximum Gasteiger partial charge on any atom is 0.146 e. The Bertz CT molecular complexity index is 895. The molecule has 0 spiro atoms. The summed E-state index contributed by atoms with van der Waals surface area (Å²) in [7, 11) is 4.29. The van der Waals surface area contributed by atoms with E-state index in [4.69, 9.17) is 0 Å². The van der Waals surface area contributed by atoms with Gasteiger partial charge >= 0.3 is 0 Å². The first kappa shape index (κ1) is 27.1. The van der Waals surface area contributed by atoms with Crippen molar-refractivity contribution in [2.75, 3.05) is 20.6 Å². The van der Waals surface area contributed by atoms with Crippen LogP contribution < -0.4 is 16.0 Å². The minimum absolute atomic E-state index is 0.0840. The van der Waals surface area contributed by atoms with E-state index in [9.17, 15) is 9.90 Å². The topological polar surface area (TPSA) is 76.6 Å². The molecule has 4 unspecified atom stereocenters. The molecule has 36 heavy (non-hydrogen) atoms. The predicted octanol–water partition coefficient (Wildman–Crippen LogP) is 4.14. The molecule has 2 fully saturated rings. The molecular formula is C30H46N4O2. The highest BCUT2D eigenvalue weighted by Gasteiger charge is 2.35. The Kier molecular flexibility index (Phi) is 9.77. The number of aldehydes is 1. The number of carbonyl (C=O) groups excluding carboxylic acids is 1. The Morgan fingerprint density at radius 3 is 2.72 bits per heavy atom. The lowest BCUT2D eigenvalue weighted by Crippen LogP contribution is -2.66. The van der Waals surface area contributed by atoms with Crippen LogP contribution in [0.1, 0.15) is 64.2 Å². The van der Waals surface area contributed by atoms with E-state index >= 15 is 0 Å². The molecule has 0 aromatic heterocycles. The molecule has 4 rings (SSSR count). The standard InChI is InChI=1S/C30H46N4O2/c1-21(28(36)10-6-7-22-11-13-24(20-35)14-12-22)25-17-15-23(16-18-25)19-31-30-32-27-9-5-4-8-26(27)29(33-30)34(2)3/h4-5,9,11,13,20,23,25-26,28-33,36H,1,6-8,10,12,14-19H2,2-3H3. The van der Waals surface area contributed by atoms with Gasteiger partial charge in [0, 0.05) is 18.2 Å². The van der Waals surface area contributed by atoms with Crippen LogP contribution in [0.2, 0.25) is 0 Å². The van der Waals surface area contributed by atoms with Gasteiger partial charge in [0.15, 0.2) is 0 Å². The number of rotatable bonds is 11. The lowest BCUT2D eigenvalue weighted by atomic mass is 9.77. The maximum atomic E-state index is 10.8. The first-order valence-electron chi connectivity index (χ1n) is 13.9. The average Bonchev–Trinajstić information content (AvgIpc) is 2.91. The summed E-state index contributed by atoms with van der Waals surface area (Å²) in [5.41, 5.74) is 4.63. The third-order valence-corrected chi connectivity index (χ3v) is 8.59. The van der Waals surface area contributed by atoms with E-state index in [2.05, 4.69) is 65.8 Å². The minimum Gasteiger partial charge on any atom is -0.389 e. The van der Waals surface area contributed by atoms with Crippen LogP contribution in [0.4, 0.5) is 0 Å². The average molecular weight is 495 g/mol. The van der Waals surface area contributed by atoms with Crippen LogP contribution in [0.5, 0.6) is 0 Å². The number of nitrogens with zero attached hydrogens (tertiary/aromatic N) is 1. The van der Waals surface area contributed by atoms with Crippen molar-refractivity contribution in [3.63, 3.8) is 0 Å². The van der Waals surface area contributed by atoms with Gasteiger partial charge in [0.2, 0.25) is 0 Å². The van der Waals surface area contributed by atoms with E-state index in [1.54, 1.807) is 0 Å². The molecule has 6 nitrogen and oxygen atoms in total. The lowest BCUT2D eigenvalue weighted by Gasteiger charge is -2.44. The van der Waals surface area contributed by atoms with Gasteiger partial charge in [-0.25, -0.2) is 0 Å². The van der Waals surface area contributed by atoms with Gasteiger partial charge in [0.1, 0.15) is 12.6 Å². The summed E-state index contributed by atoms with van der Waals surface area (Å²) in [5.74, 6) is 1.57. The zero-order valence-corrected chi connectivity index (χ0v) is 22.2. The molecule has 4 aliphatic rings. The summed E-state index contributed by atoms with van der Waals surface area (Å²) < 4.78 is 0. The van der Waals surface area contributed by atoms with E-state index < -0.39 is 6.10 Å². The van der Waals surface area contributed by atoms with Crippen molar-refractivity contribution in [2.45, 2.75) is 82.8 Å². The fourth-order valence-corrected chi connectivity index (χ4v) is 6.22. The lowest BCUT2D eigenvalue weighted by molar-refractivity contribution is -0.105. The van der Waals surface area contributed by atoms with E-state index in [0.717, 1.165) is 75.3 Å². The molecule has 198 valence electrons. The molecule has 0 radical (unpaired) electrons. The van der Waals surface area contributed by atoms with Gasteiger partial charge in [0.05, 0.1) is 12.3 Å². The molecule has 4 N–H and O–H groups in total. The number of nitrogens with one attached hydrogen (secondary N) is 3. The largest absolute Gasteiger partial charge is 0.389 e. The smallest absolute Gasteiger partial charge is 0.146 e. The molecule has 6 heteroatoms. The van der Waals surface area contributed by atoms with Crippen LogP contribution >= 0.6 is 0 Å². The third kappa shape index (κ3) is 7.06. The van der Waals surface area contributed by atoms with Crippen molar-refractivity contribution in [1.82, 2.24) is 20.9 Å². The first-order chi connectivity index (χ1) is 17.4. The quantitative estimate of drug-likeness (QED) is 0.256. The number of aliphatic hydroxyl groups is 1. The second-order valence-corrected chi connectivity index (χ2v) is 11.3. The Morgan fingerprint density at radius 2 is 2.03 bits per heavy atom. The van der Waals surface area contributed by atoms with Crippen LogP contribution in [0.3, 0.4) is 0 Å². The van der Waals surface area contributed by atoms with Crippen molar-refractivity contribution >= 4 is 6.29 Å². The summed E-state index contributed by atoms with van der Waals surface area (Å²) in [6.07, 6.45) is 21.8. The summed E-state index contributed by atoms with van der Waals surface area (Å²) >= 11 is 0. The molecule has 1 heterocycles. The van der Waals surface area contributed by atoms with Gasteiger partial charge in [-0.3, -0.25) is 20.3 Å². The SMILES string of the molecule is C=C(C(O)CCCC1=CC=C(C=O)CC1)C1CCC(CNC2NC3=CC=CCC3C(N(C)C)N2)CC1. The molecule has 0 bridgehead atoms. The first-order valence-corrected chi connectivity index (χ1v) is 13.9. The number of fused-ring (bicyclic) bond motifs is 1. The molecule has 1 saturated heterocycles. The molecule has 1 aliphatic heterocycles. The normalized spacial score (nSPS) is 31.0. The van der Waals surface area contributed by atoms with Crippen molar-refractivity contribution in [1.29, 1.82) is 0 Å². The van der Waals surface area contributed by atoms with E-state index in [1.165, 1.54) is 24.1 Å². The highest BCUT2D eigenvalue weighted by Crippen LogP contribution is 2.35. The van der Waals surface area contributed by atoms with Crippen molar-refractivity contribution < 1.29 is 9.90 Å². The number of allylic oxidation sites excluding steroid dienone is 7. The highest BCUT2D eigenvalue weighted by atomic mass is 16.3. The van der Waals surface area contributed by atoms with Gasteiger partial charge in [0.25, 0.3) is 0 Å². The van der Waals surface area contributed by atoms with Gasteiger partial charge in [-0.2, -0.15) is 0 Å². The molecule has 0 aromatic carbocycles. The van der Waals surface area contributed by atoms with Crippen molar-refractivity contribution in [3.8, 4) is 0 Å². The summed E-state index contributed by atoms with van der Waals surface area (Å²) in [4.78, 5) is 13.1. The Morgan fingerprint density at radius 1 is 1.22 bits per heavy atom. The summed E-state index contributed by atoms with van der Waals surface area (Å²) in [5, 5.41) is 21.9. The van der Waals surface area contributed by atoms with Crippen LogP contribution in [-0.2, 0) is 4.79 Å². The Labute approximate surface area is 217 Å². The van der Waals surface area contributed by atoms with Gasteiger partial charge < -0.3 is 10.4 Å². The zero-order chi connectivity index (χ0) is 25.5. The second kappa shape index (κ2) is 13.0. The van der Waals surface area contributed by atoms with Gasteiger partial charge in [-0.15, -0.1) is 0 Å². The van der Waals surface area contributed by atoms with Crippen molar-refractivity contribution in [2.24, 2.45) is 17.8 Å². The summed E-state index contributed by atoms with van der Waals surface area (Å²) in [6, 6.07) is 0. The summed E-state index contributed by atoms with van der Waals surface area (Å²) in [6.45, 7) is 5.30. The second-order valence-electron chi connectivity index (χ2n) is 11.3. The number of carbonyl (C=O) groups is 1. The fourth-order valence-electron chi connectivity index (χ4n) is 6.22. The Balaban J connectivity index is 1.15. The minimum atomic E-state index is -0.403. The Hall–Kier alpha value is -1.99. The van der Waals surface area contributed by atoms with E-state index in [-0.39, 0.29) is 6.29 Å². The maximum absolute atomic E-state index is 10.8. The van der Waals surface area contributed by atoms with Crippen LogP contribution in [0.15, 0.2) is 59.4 Å². The number of aliphatic hydroxyl groups excluding tert-OH is 1. The fraction of sp³-hybridized carbons (Fsp3) is 0.633. The monoisotopic (exact) mass is 494 g/mol. The zero-order valence-electron chi connectivity index (χ0n) is 22.2. The van der Waals surface area contributed by atoms with E-state index in [1.807, 2.05) is 6.08 Å². The number of hydrogen-bond acceptors (Lipinski definition) is 6. The molecule has 3 aliphatic carbocycles. The molecule has 4 atom stereocenters. The molecule has 0 amide bonds. The highest BCUT2D eigenvalue weighted by molar-refractivity contribution is 5.74. The van der Waals surface area contributed by atoms with Crippen LogP contribution in [0, 0.1) is 17.8 Å². The third-order valence-electron chi connectivity index (χ3n) is 8.59. The van der Waals surface area contributed by atoms with Crippen LogP contribution in [-0.4, -0.2) is 55.5 Å². The van der Waals surface area contributed by atoms with Gasteiger partial charge in [-0.05, 0) is 107 Å². The molecule has 0 aromatic rings. The molecular weight excluding hydrogens is 448 g/mol. The number of hydrogen-bond donors (Lipinski definition) is 4.